The van der Waals surface area contributed by atoms with Gasteiger partial charge >= 0.3 is 0 Å². The number of hydrogen-bond acceptors (Lipinski definition) is 5. The molecule has 1 amide bonds. The fourth-order valence-electron chi connectivity index (χ4n) is 2.65. The molecule has 7 heteroatoms. The Kier molecular flexibility index (Phi) is 4.67. The van der Waals surface area contributed by atoms with Crippen molar-refractivity contribution in [2.45, 2.75) is 6.54 Å². The van der Waals surface area contributed by atoms with Gasteiger partial charge in [0.05, 0.1) is 17.9 Å². The van der Waals surface area contributed by atoms with Gasteiger partial charge in [0.15, 0.2) is 0 Å². The van der Waals surface area contributed by atoms with Crippen LogP contribution in [-0.2, 0) is 6.54 Å². The van der Waals surface area contributed by atoms with Crippen molar-refractivity contribution in [3.05, 3.63) is 76.7 Å². The molecular weight excluding hydrogens is 360 g/mol. The highest BCUT2D eigenvalue weighted by Crippen LogP contribution is 2.27. The third kappa shape index (κ3) is 3.73. The van der Waals surface area contributed by atoms with Crippen molar-refractivity contribution in [1.82, 2.24) is 20.5 Å². The molecule has 6 nitrogen and oxygen atoms in total. The smallest absolute Gasteiger partial charge is 0.269 e. The highest BCUT2D eigenvalue weighted by atomic mass is 32.1. The van der Waals surface area contributed by atoms with Gasteiger partial charge in [0.1, 0.15) is 16.5 Å². The van der Waals surface area contributed by atoms with Gasteiger partial charge < -0.3 is 10.4 Å². The predicted octanol–water partition coefficient (Wildman–Crippen LogP) is 3.84. The van der Waals surface area contributed by atoms with Crippen molar-refractivity contribution in [3.8, 4) is 28.3 Å². The molecule has 0 fully saturated rings. The van der Waals surface area contributed by atoms with Crippen LogP contribution in [0.15, 0.2) is 66.0 Å². The molecule has 0 radical (unpaired) electrons. The average molecular weight is 376 g/mol. The molecule has 0 spiro atoms. The first-order valence-corrected chi connectivity index (χ1v) is 9.20. The fraction of sp³-hybridized carbons (Fsp3) is 0.0500. The number of aromatic amines is 1. The van der Waals surface area contributed by atoms with E-state index >= 15 is 0 Å². The number of benzene rings is 2. The summed E-state index contributed by atoms with van der Waals surface area (Å²) in [5.74, 6) is -0.159. The third-order valence-electron chi connectivity index (χ3n) is 4.02. The number of amides is 1. The fourth-order valence-corrected chi connectivity index (χ4v) is 3.39. The minimum absolute atomic E-state index is 0.118. The molecule has 134 valence electrons. The summed E-state index contributed by atoms with van der Waals surface area (Å²) in [4.78, 5) is 16.9. The lowest BCUT2D eigenvalue weighted by molar-refractivity contribution is 0.0946. The lowest BCUT2D eigenvalue weighted by Crippen LogP contribution is -2.23. The Morgan fingerprint density at radius 3 is 2.67 bits per heavy atom. The zero-order chi connectivity index (χ0) is 18.6. The van der Waals surface area contributed by atoms with Crippen molar-refractivity contribution in [3.63, 3.8) is 0 Å². The van der Waals surface area contributed by atoms with Crippen LogP contribution in [0.2, 0.25) is 0 Å². The molecule has 27 heavy (non-hydrogen) atoms. The number of thiazole rings is 1. The molecule has 4 aromatic rings. The maximum atomic E-state index is 12.4. The second-order valence-electron chi connectivity index (χ2n) is 5.86. The van der Waals surface area contributed by atoms with Crippen LogP contribution in [0.3, 0.4) is 0 Å². The lowest BCUT2D eigenvalue weighted by Gasteiger charge is -2.00. The van der Waals surface area contributed by atoms with E-state index in [2.05, 4.69) is 20.5 Å². The molecule has 0 saturated carbocycles. The van der Waals surface area contributed by atoms with Gasteiger partial charge in [0.25, 0.3) is 5.91 Å². The number of phenolic OH excluding ortho intramolecular Hbond substituents is 1. The lowest BCUT2D eigenvalue weighted by atomic mass is 10.1. The maximum Gasteiger partial charge on any atom is 0.269 e. The van der Waals surface area contributed by atoms with Gasteiger partial charge in [-0.3, -0.25) is 9.89 Å². The Labute approximate surface area is 159 Å². The molecule has 4 rings (SSSR count). The van der Waals surface area contributed by atoms with E-state index in [1.165, 1.54) is 11.3 Å². The van der Waals surface area contributed by atoms with Gasteiger partial charge in [0, 0.05) is 16.5 Å². The molecule has 0 aliphatic heterocycles. The van der Waals surface area contributed by atoms with Crippen molar-refractivity contribution >= 4 is 17.2 Å². The summed E-state index contributed by atoms with van der Waals surface area (Å²) in [5, 5.41) is 22.3. The molecule has 0 saturated heterocycles. The summed E-state index contributed by atoms with van der Waals surface area (Å²) >= 11 is 1.50. The van der Waals surface area contributed by atoms with Gasteiger partial charge in [-0.2, -0.15) is 5.10 Å². The zero-order valence-corrected chi connectivity index (χ0v) is 15.0. The largest absolute Gasteiger partial charge is 0.507 e. The molecule has 2 aromatic carbocycles. The van der Waals surface area contributed by atoms with Crippen LogP contribution in [0, 0.1) is 0 Å². The zero-order valence-electron chi connectivity index (χ0n) is 14.2. The van der Waals surface area contributed by atoms with Crippen molar-refractivity contribution in [1.29, 1.82) is 0 Å². The van der Waals surface area contributed by atoms with Gasteiger partial charge in [-0.1, -0.05) is 42.5 Å². The second-order valence-corrected chi connectivity index (χ2v) is 6.80. The highest BCUT2D eigenvalue weighted by Gasteiger charge is 2.13. The number of nitrogens with zero attached hydrogens (tertiary/aromatic N) is 2. The van der Waals surface area contributed by atoms with Crippen LogP contribution in [0.4, 0.5) is 0 Å². The Balaban J connectivity index is 1.42. The first kappa shape index (κ1) is 17.0. The van der Waals surface area contributed by atoms with E-state index in [4.69, 9.17) is 0 Å². The number of phenols is 1. The molecule has 0 atom stereocenters. The predicted molar refractivity (Wildman–Crippen MR) is 104 cm³/mol. The van der Waals surface area contributed by atoms with Gasteiger partial charge in [0.2, 0.25) is 0 Å². The Bertz CT molecular complexity index is 1070. The number of rotatable bonds is 5. The normalized spacial score (nSPS) is 10.7. The van der Waals surface area contributed by atoms with Crippen molar-refractivity contribution in [2.24, 2.45) is 0 Å². The van der Waals surface area contributed by atoms with Gasteiger partial charge in [-0.05, 0) is 18.2 Å². The van der Waals surface area contributed by atoms with E-state index < -0.39 is 0 Å². The number of carbonyl (C=O) groups excluding carboxylic acids is 1. The highest BCUT2D eigenvalue weighted by molar-refractivity contribution is 7.09. The Morgan fingerprint density at radius 1 is 1.07 bits per heavy atom. The second kappa shape index (κ2) is 7.43. The minimum atomic E-state index is -0.277. The summed E-state index contributed by atoms with van der Waals surface area (Å²) in [7, 11) is 0. The average Bonchev–Trinajstić information content (AvgIpc) is 3.37. The van der Waals surface area contributed by atoms with Crippen LogP contribution in [0.5, 0.6) is 5.75 Å². The first-order valence-electron chi connectivity index (χ1n) is 8.32. The topological polar surface area (TPSA) is 90.9 Å². The molecule has 2 heterocycles. The number of carbonyl (C=O) groups is 1. The van der Waals surface area contributed by atoms with Crippen LogP contribution in [0.25, 0.3) is 22.5 Å². The standard InChI is InChI=1S/C20H16N4O2S/c25-18-9-5-4-8-14(18)15-10-16(24-23-15)20(26)21-11-19-22-17(12-27-19)13-6-2-1-3-7-13/h1-10,12,25H,11H2,(H,21,26)(H,23,24). The summed E-state index contributed by atoms with van der Waals surface area (Å²) in [5.41, 5.74) is 3.35. The van der Waals surface area contributed by atoms with E-state index in [1.54, 1.807) is 30.3 Å². The third-order valence-corrected chi connectivity index (χ3v) is 4.87. The number of nitrogens with one attached hydrogen (secondary N) is 2. The van der Waals surface area contributed by atoms with E-state index in [1.807, 2.05) is 35.7 Å². The summed E-state index contributed by atoms with van der Waals surface area (Å²) in [6.07, 6.45) is 0. The number of aromatic hydroxyl groups is 1. The van der Waals surface area contributed by atoms with E-state index in [9.17, 15) is 9.90 Å². The SMILES string of the molecule is O=C(NCc1nc(-c2ccccc2)cs1)c1cc(-c2ccccc2O)n[nH]1. The number of para-hydroxylation sites is 1. The summed E-state index contributed by atoms with van der Waals surface area (Å²) < 4.78 is 0. The Morgan fingerprint density at radius 2 is 1.85 bits per heavy atom. The molecule has 0 unspecified atom stereocenters. The molecular formula is C20H16N4O2S. The van der Waals surface area contributed by atoms with Crippen LogP contribution in [-0.4, -0.2) is 26.2 Å². The van der Waals surface area contributed by atoms with E-state index in [-0.39, 0.29) is 11.7 Å². The maximum absolute atomic E-state index is 12.4. The Hall–Kier alpha value is -3.45. The van der Waals surface area contributed by atoms with E-state index in [0.29, 0.717) is 23.5 Å². The monoisotopic (exact) mass is 376 g/mol. The number of H-pyrrole nitrogens is 1. The minimum Gasteiger partial charge on any atom is -0.507 e. The summed E-state index contributed by atoms with van der Waals surface area (Å²) in [6, 6.07) is 18.4. The van der Waals surface area contributed by atoms with Crippen molar-refractivity contribution < 1.29 is 9.90 Å². The molecule has 2 aromatic heterocycles. The van der Waals surface area contributed by atoms with Crippen LogP contribution in [0.1, 0.15) is 15.5 Å². The van der Waals surface area contributed by atoms with Crippen LogP contribution < -0.4 is 5.32 Å². The molecule has 3 N–H and O–H groups in total. The first-order chi connectivity index (χ1) is 13.2. The quantitative estimate of drug-likeness (QED) is 0.494. The number of aromatic nitrogens is 3. The van der Waals surface area contributed by atoms with Gasteiger partial charge in [-0.25, -0.2) is 4.98 Å². The molecule has 0 aliphatic rings. The molecule has 0 aliphatic carbocycles. The molecule has 0 bridgehead atoms. The van der Waals surface area contributed by atoms with Crippen molar-refractivity contribution in [2.75, 3.05) is 0 Å². The number of hydrogen-bond donors (Lipinski definition) is 3. The van der Waals surface area contributed by atoms with Crippen LogP contribution >= 0.6 is 11.3 Å². The summed E-state index contributed by atoms with van der Waals surface area (Å²) in [6.45, 7) is 0.335. The van der Waals surface area contributed by atoms with Gasteiger partial charge in [-0.15, -0.1) is 11.3 Å². The van der Waals surface area contributed by atoms with E-state index in [0.717, 1.165) is 16.3 Å².